The van der Waals surface area contributed by atoms with E-state index in [9.17, 15) is 13.2 Å². The Labute approximate surface area is 153 Å². The molecule has 2 heterocycles. The number of quaternary nitrogens is 1. The molecule has 1 amide bonds. The zero-order valence-corrected chi connectivity index (χ0v) is 15.5. The first-order valence-corrected chi connectivity index (χ1v) is 10.2. The molecule has 1 aromatic heterocycles. The molecule has 3 rings (SSSR count). The highest BCUT2D eigenvalue weighted by molar-refractivity contribution is 7.89. The zero-order chi connectivity index (χ0) is 18.6. The lowest BCUT2D eigenvalue weighted by Crippen LogP contribution is -2.86. The van der Waals surface area contributed by atoms with Crippen molar-refractivity contribution >= 4 is 21.6 Å². The van der Waals surface area contributed by atoms with Crippen LogP contribution in [-0.4, -0.2) is 38.3 Å². The Morgan fingerprint density at radius 3 is 2.54 bits per heavy atom. The number of rotatable bonds is 7. The maximum Gasteiger partial charge on any atom is 0.279 e. The largest absolute Gasteiger partial charge is 0.463 e. The minimum atomic E-state index is -3.43. The minimum absolute atomic E-state index is 0.0451. The number of furan rings is 1. The van der Waals surface area contributed by atoms with Crippen LogP contribution >= 0.6 is 0 Å². The van der Waals surface area contributed by atoms with E-state index in [1.165, 1.54) is 4.31 Å². The summed E-state index contributed by atoms with van der Waals surface area (Å²) in [5, 5.41) is 4.66. The van der Waals surface area contributed by atoms with Gasteiger partial charge in [-0.15, -0.1) is 0 Å². The molecule has 7 nitrogen and oxygen atoms in total. The smallest absolute Gasteiger partial charge is 0.279 e. The Hall–Kier alpha value is -2.16. The summed E-state index contributed by atoms with van der Waals surface area (Å²) >= 11 is 0. The minimum Gasteiger partial charge on any atom is -0.463 e. The highest BCUT2D eigenvalue weighted by Crippen LogP contribution is 2.22. The summed E-state index contributed by atoms with van der Waals surface area (Å²) in [5.41, 5.74) is 0.578. The summed E-state index contributed by atoms with van der Waals surface area (Å²) in [6.07, 6.45) is 3.41. The Morgan fingerprint density at radius 2 is 1.92 bits per heavy atom. The third-order valence-corrected chi connectivity index (χ3v) is 6.40. The van der Waals surface area contributed by atoms with Gasteiger partial charge < -0.3 is 15.1 Å². The van der Waals surface area contributed by atoms with Crippen LogP contribution in [0.3, 0.4) is 0 Å². The molecule has 0 radical (unpaired) electrons. The maximum absolute atomic E-state index is 12.5. The van der Waals surface area contributed by atoms with Crippen LogP contribution in [0.1, 0.15) is 31.6 Å². The Balaban J connectivity index is 1.54. The summed E-state index contributed by atoms with van der Waals surface area (Å²) in [6, 6.07) is 10.1. The fourth-order valence-electron chi connectivity index (χ4n) is 2.95. The van der Waals surface area contributed by atoms with Crippen LogP contribution in [0.2, 0.25) is 0 Å². The van der Waals surface area contributed by atoms with Gasteiger partial charge in [0.2, 0.25) is 10.0 Å². The second-order valence-corrected chi connectivity index (χ2v) is 8.37. The van der Waals surface area contributed by atoms with Crippen molar-refractivity contribution in [2.45, 2.75) is 30.7 Å². The number of benzene rings is 1. The van der Waals surface area contributed by atoms with E-state index in [0.29, 0.717) is 18.8 Å². The van der Waals surface area contributed by atoms with E-state index in [0.717, 1.165) is 18.6 Å². The van der Waals surface area contributed by atoms with Crippen molar-refractivity contribution in [2.24, 2.45) is 0 Å². The van der Waals surface area contributed by atoms with E-state index in [-0.39, 0.29) is 23.4 Å². The zero-order valence-electron chi connectivity index (χ0n) is 14.7. The number of hydrogen-bond acceptors (Lipinski definition) is 4. The van der Waals surface area contributed by atoms with Gasteiger partial charge in [0.05, 0.1) is 11.2 Å². The van der Waals surface area contributed by atoms with Crippen LogP contribution in [0.4, 0.5) is 5.69 Å². The molecule has 1 aromatic carbocycles. The average Bonchev–Trinajstić information content (AvgIpc) is 3.33. The SMILES string of the molecule is C[C@H]([NH2+]CC(=O)Nc1ccc(S(=O)(=O)N2CCCC2)cc1)c1ccco1. The molecule has 3 N–H and O–H groups in total. The van der Waals surface area contributed by atoms with Gasteiger partial charge in [0.15, 0.2) is 12.3 Å². The van der Waals surface area contributed by atoms with E-state index in [1.54, 1.807) is 30.5 Å². The fraction of sp³-hybridized carbons (Fsp3) is 0.389. The predicted octanol–water partition coefficient (Wildman–Crippen LogP) is 1.33. The van der Waals surface area contributed by atoms with Crippen LogP contribution in [0, 0.1) is 0 Å². The lowest BCUT2D eigenvalue weighted by molar-refractivity contribution is -0.684. The van der Waals surface area contributed by atoms with E-state index >= 15 is 0 Å². The van der Waals surface area contributed by atoms with Gasteiger partial charge in [-0.2, -0.15) is 4.31 Å². The molecule has 1 atom stereocenters. The van der Waals surface area contributed by atoms with E-state index < -0.39 is 10.0 Å². The van der Waals surface area contributed by atoms with Crippen molar-refractivity contribution < 1.29 is 22.9 Å². The van der Waals surface area contributed by atoms with Gasteiger partial charge in [-0.3, -0.25) is 4.79 Å². The number of amides is 1. The first-order valence-electron chi connectivity index (χ1n) is 8.73. The maximum atomic E-state index is 12.5. The first-order chi connectivity index (χ1) is 12.5. The van der Waals surface area contributed by atoms with Gasteiger partial charge in [-0.05, 0) is 56.2 Å². The normalized spacial score (nSPS) is 16.5. The number of nitrogens with zero attached hydrogens (tertiary/aromatic N) is 1. The number of carbonyl (C=O) groups is 1. The Kier molecular flexibility index (Phi) is 5.75. The van der Waals surface area contributed by atoms with Crippen LogP contribution < -0.4 is 10.6 Å². The van der Waals surface area contributed by atoms with Gasteiger partial charge >= 0.3 is 0 Å². The second kappa shape index (κ2) is 8.03. The highest BCUT2D eigenvalue weighted by atomic mass is 32.2. The summed E-state index contributed by atoms with van der Waals surface area (Å²) < 4.78 is 31.8. The Morgan fingerprint density at radius 1 is 1.23 bits per heavy atom. The molecule has 0 saturated carbocycles. The van der Waals surface area contributed by atoms with Crippen LogP contribution in [0.5, 0.6) is 0 Å². The molecule has 1 aliphatic rings. The second-order valence-electron chi connectivity index (χ2n) is 6.43. The summed E-state index contributed by atoms with van der Waals surface area (Å²) in [6.45, 7) is 3.36. The van der Waals surface area contributed by atoms with Gasteiger partial charge in [0, 0.05) is 18.8 Å². The lowest BCUT2D eigenvalue weighted by Gasteiger charge is -2.15. The summed E-state index contributed by atoms with van der Waals surface area (Å²) in [4.78, 5) is 12.3. The molecule has 8 heteroatoms. The number of sulfonamides is 1. The van der Waals surface area contributed by atoms with Gasteiger partial charge in [0.1, 0.15) is 6.04 Å². The number of nitrogens with one attached hydrogen (secondary N) is 1. The molecule has 2 aromatic rings. The molecule has 26 heavy (non-hydrogen) atoms. The van der Waals surface area contributed by atoms with Crippen LogP contribution in [0.15, 0.2) is 52.0 Å². The molecule has 0 spiro atoms. The molecular formula is C18H24N3O4S+. The third-order valence-electron chi connectivity index (χ3n) is 4.49. The molecule has 140 valence electrons. The van der Waals surface area contributed by atoms with Crippen molar-refractivity contribution in [1.29, 1.82) is 0 Å². The van der Waals surface area contributed by atoms with Gasteiger partial charge in [-0.25, -0.2) is 8.42 Å². The molecule has 0 aliphatic carbocycles. The predicted molar refractivity (Wildman–Crippen MR) is 97.0 cm³/mol. The summed E-state index contributed by atoms with van der Waals surface area (Å²) in [7, 11) is -3.43. The summed E-state index contributed by atoms with van der Waals surface area (Å²) in [5.74, 6) is 0.660. The average molecular weight is 378 g/mol. The topological polar surface area (TPSA) is 96.2 Å². The fourth-order valence-corrected chi connectivity index (χ4v) is 4.47. The standard InChI is InChI=1S/C18H23N3O4S/c1-14(17-5-4-12-25-17)19-13-18(22)20-15-6-8-16(9-7-15)26(23,24)21-10-2-3-11-21/h4-9,12,14,19H,2-3,10-11,13H2,1H3,(H,20,22)/p+1/t14-/m0/s1. The number of nitrogens with two attached hydrogens (primary N) is 1. The first kappa shape index (κ1) is 18.6. The Bertz CT molecular complexity index is 826. The van der Waals surface area contributed by atoms with Crippen molar-refractivity contribution in [3.05, 3.63) is 48.4 Å². The quantitative estimate of drug-likeness (QED) is 0.760. The van der Waals surface area contributed by atoms with E-state index in [1.807, 2.05) is 24.4 Å². The molecular weight excluding hydrogens is 354 g/mol. The highest BCUT2D eigenvalue weighted by Gasteiger charge is 2.26. The van der Waals surface area contributed by atoms with Crippen LogP contribution in [-0.2, 0) is 14.8 Å². The molecule has 1 aliphatic heterocycles. The van der Waals surface area contributed by atoms with Gasteiger partial charge in [0.25, 0.3) is 5.91 Å². The third kappa shape index (κ3) is 4.32. The van der Waals surface area contributed by atoms with Crippen molar-refractivity contribution in [1.82, 2.24) is 4.31 Å². The number of anilines is 1. The van der Waals surface area contributed by atoms with Crippen molar-refractivity contribution in [3.8, 4) is 0 Å². The molecule has 0 bridgehead atoms. The molecule has 0 unspecified atom stereocenters. The van der Waals surface area contributed by atoms with Gasteiger partial charge in [-0.1, -0.05) is 0 Å². The van der Waals surface area contributed by atoms with E-state index in [2.05, 4.69) is 5.32 Å². The molecule has 1 saturated heterocycles. The van der Waals surface area contributed by atoms with Crippen molar-refractivity contribution in [2.75, 3.05) is 25.0 Å². The number of hydrogen-bond donors (Lipinski definition) is 2. The van der Waals surface area contributed by atoms with Crippen LogP contribution in [0.25, 0.3) is 0 Å². The monoisotopic (exact) mass is 378 g/mol. The number of carbonyl (C=O) groups excluding carboxylic acids is 1. The molecule has 1 fully saturated rings. The van der Waals surface area contributed by atoms with E-state index in [4.69, 9.17) is 4.42 Å². The lowest BCUT2D eigenvalue weighted by atomic mass is 10.2. The van der Waals surface area contributed by atoms with Crippen molar-refractivity contribution in [3.63, 3.8) is 0 Å².